The Morgan fingerprint density at radius 1 is 0.778 bits per heavy atom. The van der Waals surface area contributed by atoms with Crippen molar-refractivity contribution in [2.45, 2.75) is 6.92 Å². The van der Waals surface area contributed by atoms with Gasteiger partial charge in [0.25, 0.3) is 0 Å². The molecule has 87 valence electrons. The molecule has 0 aliphatic rings. The molecule has 0 atom stereocenters. The van der Waals surface area contributed by atoms with Crippen LogP contribution in [0.3, 0.4) is 0 Å². The maximum absolute atomic E-state index is 4.73. The molecule has 0 aliphatic carbocycles. The normalized spacial score (nSPS) is 10.5. The van der Waals surface area contributed by atoms with Crippen molar-refractivity contribution in [1.82, 2.24) is 5.32 Å². The summed E-state index contributed by atoms with van der Waals surface area (Å²) in [6.07, 6.45) is 0. The first-order chi connectivity index (χ1) is 8.83. The molecule has 0 N–H and O–H groups in total. The summed E-state index contributed by atoms with van der Waals surface area (Å²) in [6, 6.07) is 22.8. The second-order valence-corrected chi connectivity index (χ2v) is 4.45. The topological polar surface area (TPSA) is 14.1 Å². The van der Waals surface area contributed by atoms with Gasteiger partial charge in [0.15, 0.2) is 0 Å². The van der Waals surface area contributed by atoms with Crippen LogP contribution in [0.2, 0.25) is 0 Å². The minimum atomic E-state index is 1.01. The van der Waals surface area contributed by atoms with Gasteiger partial charge in [-0.15, -0.1) is 0 Å². The summed E-state index contributed by atoms with van der Waals surface area (Å²) in [5.74, 6) is 0. The quantitative estimate of drug-likeness (QED) is 0.607. The van der Waals surface area contributed by atoms with E-state index >= 15 is 0 Å². The summed E-state index contributed by atoms with van der Waals surface area (Å²) in [7, 11) is 0. The summed E-state index contributed by atoms with van der Waals surface area (Å²) >= 11 is 0. The van der Waals surface area contributed by atoms with Crippen LogP contribution in [0.4, 0.5) is 11.4 Å². The highest BCUT2D eigenvalue weighted by Crippen LogP contribution is 2.26. The maximum atomic E-state index is 4.73. The van der Waals surface area contributed by atoms with Crippen molar-refractivity contribution in [1.29, 1.82) is 0 Å². The Hall–Kier alpha value is -2.28. The van der Waals surface area contributed by atoms with Crippen LogP contribution in [-0.4, -0.2) is 0 Å². The van der Waals surface area contributed by atoms with Gasteiger partial charge in [-0.05, 0) is 36.1 Å². The molecule has 0 amide bonds. The molecule has 0 saturated carbocycles. The molecule has 0 aliphatic heterocycles. The van der Waals surface area contributed by atoms with Gasteiger partial charge < -0.3 is 0 Å². The van der Waals surface area contributed by atoms with Gasteiger partial charge >= 0.3 is 0 Å². The van der Waals surface area contributed by atoms with Gasteiger partial charge in [-0.25, -0.2) is 5.32 Å². The number of hydrogen-bond donors (Lipinski definition) is 0. The lowest BCUT2D eigenvalue weighted by Crippen LogP contribution is -1.90. The van der Waals surface area contributed by atoms with Crippen molar-refractivity contribution < 1.29 is 0 Å². The smallest absolute Gasteiger partial charge is 0.0715 e. The van der Waals surface area contributed by atoms with E-state index in [9.17, 15) is 0 Å². The van der Waals surface area contributed by atoms with Crippen molar-refractivity contribution in [2.75, 3.05) is 0 Å². The highest BCUT2D eigenvalue weighted by molar-refractivity contribution is 5.92. The van der Waals surface area contributed by atoms with Crippen LogP contribution in [0.1, 0.15) is 5.56 Å². The average Bonchev–Trinajstić information content (AvgIpc) is 2.39. The zero-order chi connectivity index (χ0) is 12.4. The molecule has 0 spiro atoms. The average molecular weight is 232 g/mol. The van der Waals surface area contributed by atoms with E-state index in [4.69, 9.17) is 5.32 Å². The van der Waals surface area contributed by atoms with Crippen LogP contribution < -0.4 is 5.32 Å². The third-order valence-corrected chi connectivity index (χ3v) is 3.02. The zero-order valence-electron chi connectivity index (χ0n) is 10.3. The van der Waals surface area contributed by atoms with Crippen LogP contribution in [0.5, 0.6) is 0 Å². The molecule has 0 fully saturated rings. The third kappa shape index (κ3) is 2.07. The molecule has 18 heavy (non-hydrogen) atoms. The Morgan fingerprint density at radius 2 is 1.56 bits per heavy atom. The number of hydrogen-bond acceptors (Lipinski definition) is 0. The molecule has 3 rings (SSSR count). The molecule has 1 heteroatoms. The van der Waals surface area contributed by atoms with E-state index in [0.717, 1.165) is 11.4 Å². The zero-order valence-corrected chi connectivity index (χ0v) is 10.3. The molecule has 0 bridgehead atoms. The standard InChI is InChI=1S/C17H14N/c1-13-6-4-9-15(12-13)18-17-11-5-8-14-7-2-3-10-16(14)17/h2-12H,1H3. The molecule has 3 aromatic carbocycles. The number of aryl methyl sites for hydroxylation is 1. The molecule has 0 unspecified atom stereocenters. The lowest BCUT2D eigenvalue weighted by atomic mass is 10.1. The number of rotatable bonds is 2. The van der Waals surface area contributed by atoms with Crippen molar-refractivity contribution in [3.05, 3.63) is 72.3 Å². The van der Waals surface area contributed by atoms with E-state index in [1.54, 1.807) is 0 Å². The number of benzene rings is 3. The SMILES string of the molecule is Cc1cccc([N]c2cccc3ccccc23)c1. The van der Waals surface area contributed by atoms with E-state index in [2.05, 4.69) is 61.5 Å². The minimum Gasteiger partial charge on any atom is -0.248 e. The van der Waals surface area contributed by atoms with Crippen LogP contribution in [0, 0.1) is 6.92 Å². The minimum absolute atomic E-state index is 1.01. The Labute approximate surface area is 107 Å². The van der Waals surface area contributed by atoms with Crippen LogP contribution in [-0.2, 0) is 0 Å². The summed E-state index contributed by atoms with van der Waals surface area (Å²) < 4.78 is 0. The van der Waals surface area contributed by atoms with Gasteiger partial charge in [-0.2, -0.15) is 0 Å². The van der Waals surface area contributed by atoms with E-state index in [0.29, 0.717) is 0 Å². The van der Waals surface area contributed by atoms with E-state index in [-0.39, 0.29) is 0 Å². The van der Waals surface area contributed by atoms with Gasteiger partial charge in [0.2, 0.25) is 0 Å². The molecule has 3 aromatic rings. The van der Waals surface area contributed by atoms with Gasteiger partial charge in [-0.3, -0.25) is 0 Å². The number of nitrogens with zero attached hydrogens (tertiary/aromatic N) is 1. The summed E-state index contributed by atoms with van der Waals surface area (Å²) in [4.78, 5) is 0. The highest BCUT2D eigenvalue weighted by Gasteiger charge is 2.02. The fourth-order valence-electron chi connectivity index (χ4n) is 2.14. The molecule has 1 radical (unpaired) electrons. The van der Waals surface area contributed by atoms with Crippen molar-refractivity contribution in [2.24, 2.45) is 0 Å². The molecule has 1 nitrogen and oxygen atoms in total. The summed E-state index contributed by atoms with van der Waals surface area (Å²) in [5, 5.41) is 7.15. The molecular weight excluding hydrogens is 218 g/mol. The van der Waals surface area contributed by atoms with Crippen molar-refractivity contribution in [3.63, 3.8) is 0 Å². The van der Waals surface area contributed by atoms with E-state index < -0.39 is 0 Å². The molecule has 0 aromatic heterocycles. The van der Waals surface area contributed by atoms with Gasteiger partial charge in [-0.1, -0.05) is 48.5 Å². The summed E-state index contributed by atoms with van der Waals surface area (Å²) in [5.41, 5.74) is 3.27. The molecule has 0 saturated heterocycles. The first-order valence-corrected chi connectivity index (χ1v) is 6.09. The second kappa shape index (κ2) is 4.53. The van der Waals surface area contributed by atoms with Crippen LogP contribution >= 0.6 is 0 Å². The predicted octanol–water partition coefficient (Wildman–Crippen LogP) is 4.72. The Morgan fingerprint density at radius 3 is 2.44 bits per heavy atom. The second-order valence-electron chi connectivity index (χ2n) is 4.45. The van der Waals surface area contributed by atoms with Crippen LogP contribution in [0.15, 0.2) is 66.7 Å². The van der Waals surface area contributed by atoms with Gasteiger partial charge in [0, 0.05) is 5.39 Å². The van der Waals surface area contributed by atoms with Crippen molar-refractivity contribution in [3.8, 4) is 0 Å². The first kappa shape index (κ1) is 10.8. The van der Waals surface area contributed by atoms with Gasteiger partial charge in [0.05, 0.1) is 11.4 Å². The summed E-state index contributed by atoms with van der Waals surface area (Å²) in [6.45, 7) is 2.09. The Balaban J connectivity index is 2.05. The Kier molecular flexibility index (Phi) is 2.73. The van der Waals surface area contributed by atoms with Gasteiger partial charge in [0.1, 0.15) is 0 Å². The molecule has 0 heterocycles. The monoisotopic (exact) mass is 232 g/mol. The number of fused-ring (bicyclic) bond motifs is 1. The molecular formula is C17H14N. The fourth-order valence-corrected chi connectivity index (χ4v) is 2.14. The lowest BCUT2D eigenvalue weighted by molar-refractivity contribution is 1.19. The first-order valence-electron chi connectivity index (χ1n) is 6.09. The predicted molar refractivity (Wildman–Crippen MR) is 76.6 cm³/mol. The third-order valence-electron chi connectivity index (χ3n) is 3.02. The maximum Gasteiger partial charge on any atom is 0.0715 e. The Bertz CT molecular complexity index is 681. The van der Waals surface area contributed by atoms with Crippen molar-refractivity contribution >= 4 is 22.1 Å². The fraction of sp³-hybridized carbons (Fsp3) is 0.0588. The highest BCUT2D eigenvalue weighted by atomic mass is 14.9. The largest absolute Gasteiger partial charge is 0.248 e. The van der Waals surface area contributed by atoms with E-state index in [1.165, 1.54) is 16.3 Å². The van der Waals surface area contributed by atoms with E-state index in [1.807, 2.05) is 12.1 Å². The van der Waals surface area contributed by atoms with Crippen LogP contribution in [0.25, 0.3) is 10.8 Å². The lowest BCUT2D eigenvalue weighted by Gasteiger charge is -2.07.